The molecule has 2 saturated heterocycles. The normalized spacial score (nSPS) is 26.2. The number of hydrogen-bond donors (Lipinski definition) is 0. The highest BCUT2D eigenvalue weighted by Crippen LogP contribution is 2.39. The van der Waals surface area contributed by atoms with Crippen LogP contribution in [0.2, 0.25) is 0 Å². The highest BCUT2D eigenvalue weighted by Gasteiger charge is 2.45. The van der Waals surface area contributed by atoms with Gasteiger partial charge in [0.05, 0.1) is 5.92 Å². The van der Waals surface area contributed by atoms with Gasteiger partial charge in [-0.1, -0.05) is 12.1 Å². The number of carbonyl (C=O) groups excluding carboxylic acids is 1. The topological polar surface area (TPSA) is 26.8 Å². The number of nitrogens with zero attached hydrogens (tertiary/aromatic N) is 3. The molecule has 0 aliphatic carbocycles. The highest BCUT2D eigenvalue weighted by atomic mass is 19.1. The Morgan fingerprint density at radius 2 is 1.53 bits per heavy atom. The second-order valence-corrected chi connectivity index (χ2v) is 10.8. The van der Waals surface area contributed by atoms with Crippen LogP contribution in [0.25, 0.3) is 0 Å². The summed E-state index contributed by atoms with van der Waals surface area (Å²) in [5.41, 5.74) is 1.02. The Hall–Kier alpha value is -2.54. The molecular formula is C27H34F3N3O. The minimum absolute atomic E-state index is 0.00179. The summed E-state index contributed by atoms with van der Waals surface area (Å²) < 4.78 is 42.2. The van der Waals surface area contributed by atoms with Crippen LogP contribution < -0.4 is 4.90 Å². The van der Waals surface area contributed by atoms with Crippen LogP contribution in [0.3, 0.4) is 0 Å². The first-order chi connectivity index (χ1) is 16.0. The Morgan fingerprint density at radius 1 is 0.882 bits per heavy atom. The van der Waals surface area contributed by atoms with Crippen molar-refractivity contribution in [3.05, 3.63) is 65.5 Å². The molecule has 2 aromatic carbocycles. The number of anilines is 1. The molecule has 2 fully saturated rings. The van der Waals surface area contributed by atoms with E-state index in [1.807, 2.05) is 24.8 Å². The van der Waals surface area contributed by atoms with Crippen LogP contribution in [0.5, 0.6) is 0 Å². The third kappa shape index (κ3) is 4.81. The predicted molar refractivity (Wildman–Crippen MR) is 128 cm³/mol. The summed E-state index contributed by atoms with van der Waals surface area (Å²) in [5.74, 6) is -2.27. The molecule has 0 unspecified atom stereocenters. The lowest BCUT2D eigenvalue weighted by atomic mass is 9.87. The zero-order valence-electron chi connectivity index (χ0n) is 20.6. The van der Waals surface area contributed by atoms with Crippen LogP contribution in [-0.4, -0.2) is 59.5 Å². The zero-order chi connectivity index (χ0) is 24.8. The molecule has 4 nitrogen and oxygen atoms in total. The van der Waals surface area contributed by atoms with E-state index in [1.54, 1.807) is 6.07 Å². The molecule has 1 amide bonds. The van der Waals surface area contributed by atoms with Crippen LogP contribution >= 0.6 is 0 Å². The minimum atomic E-state index is -0.620. The Kier molecular flexibility index (Phi) is 6.69. The van der Waals surface area contributed by atoms with Crippen molar-refractivity contribution >= 4 is 11.6 Å². The molecule has 0 spiro atoms. The average Bonchev–Trinajstić information content (AvgIpc) is 3.18. The molecule has 0 aromatic heterocycles. The Labute approximate surface area is 200 Å². The standard InChI is InChI=1S/C27H34F3N3O/c1-17-13-31(14-18(2)33(17)21-8-6-7-19(28)11-21)26(34)24-16-32(27(3,4)5)15-23(24)22-10-9-20(29)12-25(22)30/h6-12,17-18,23-24H,13-16H2,1-5H3/t17-,18+,23-,24+/m1/s1. The Morgan fingerprint density at radius 3 is 2.12 bits per heavy atom. The molecule has 0 radical (unpaired) electrons. The van der Waals surface area contributed by atoms with Gasteiger partial charge in [0.1, 0.15) is 17.5 Å². The van der Waals surface area contributed by atoms with Crippen molar-refractivity contribution in [2.24, 2.45) is 5.92 Å². The van der Waals surface area contributed by atoms with Gasteiger partial charge < -0.3 is 9.80 Å². The van der Waals surface area contributed by atoms with E-state index in [0.29, 0.717) is 31.7 Å². The minimum Gasteiger partial charge on any atom is -0.362 e. The number of rotatable bonds is 3. The van der Waals surface area contributed by atoms with Gasteiger partial charge in [0.15, 0.2) is 0 Å². The second-order valence-electron chi connectivity index (χ2n) is 10.8. The van der Waals surface area contributed by atoms with Crippen molar-refractivity contribution in [3.8, 4) is 0 Å². The molecule has 0 N–H and O–H groups in total. The monoisotopic (exact) mass is 473 g/mol. The van der Waals surface area contributed by atoms with E-state index < -0.39 is 17.6 Å². The first-order valence-corrected chi connectivity index (χ1v) is 12.0. The van der Waals surface area contributed by atoms with Gasteiger partial charge in [0, 0.05) is 61.5 Å². The molecule has 4 atom stereocenters. The first-order valence-electron chi connectivity index (χ1n) is 12.0. The molecule has 34 heavy (non-hydrogen) atoms. The Bertz CT molecular complexity index is 1040. The fourth-order valence-corrected chi connectivity index (χ4v) is 5.60. The summed E-state index contributed by atoms with van der Waals surface area (Å²) in [7, 11) is 0. The van der Waals surface area contributed by atoms with Crippen molar-refractivity contribution in [3.63, 3.8) is 0 Å². The van der Waals surface area contributed by atoms with E-state index in [2.05, 4.69) is 30.6 Å². The van der Waals surface area contributed by atoms with Gasteiger partial charge >= 0.3 is 0 Å². The molecular weight excluding hydrogens is 439 g/mol. The predicted octanol–water partition coefficient (Wildman–Crippen LogP) is 5.04. The third-order valence-electron chi connectivity index (χ3n) is 7.28. The smallest absolute Gasteiger partial charge is 0.227 e. The van der Waals surface area contributed by atoms with Gasteiger partial charge in [-0.3, -0.25) is 9.69 Å². The summed E-state index contributed by atoms with van der Waals surface area (Å²) in [6, 6.07) is 10.2. The fraction of sp³-hybridized carbons (Fsp3) is 0.519. The lowest BCUT2D eigenvalue weighted by Gasteiger charge is -2.46. The van der Waals surface area contributed by atoms with Gasteiger partial charge in [-0.05, 0) is 64.4 Å². The lowest BCUT2D eigenvalue weighted by molar-refractivity contribution is -0.137. The van der Waals surface area contributed by atoms with E-state index in [9.17, 15) is 18.0 Å². The summed E-state index contributed by atoms with van der Waals surface area (Å²) in [6.45, 7) is 12.4. The van der Waals surface area contributed by atoms with Gasteiger partial charge in [0.25, 0.3) is 0 Å². The van der Waals surface area contributed by atoms with Gasteiger partial charge in [-0.15, -0.1) is 0 Å². The average molecular weight is 474 g/mol. The maximum Gasteiger partial charge on any atom is 0.227 e. The molecule has 2 aromatic rings. The second kappa shape index (κ2) is 9.25. The third-order valence-corrected chi connectivity index (χ3v) is 7.28. The van der Waals surface area contributed by atoms with E-state index in [4.69, 9.17) is 0 Å². The number of amides is 1. The summed E-state index contributed by atoms with van der Waals surface area (Å²) in [5, 5.41) is 0. The maximum atomic E-state index is 14.8. The maximum absolute atomic E-state index is 14.8. The lowest BCUT2D eigenvalue weighted by Crippen LogP contribution is -2.59. The van der Waals surface area contributed by atoms with Gasteiger partial charge in [0.2, 0.25) is 5.91 Å². The van der Waals surface area contributed by atoms with Crippen LogP contribution in [0.15, 0.2) is 42.5 Å². The SMILES string of the molecule is C[C@@H]1CN(C(=O)[C@H]2CN(C(C)(C)C)C[C@@H]2c2ccc(F)cc2F)C[C@H](C)N1c1cccc(F)c1. The van der Waals surface area contributed by atoms with Crippen molar-refractivity contribution in [1.29, 1.82) is 0 Å². The molecule has 7 heteroatoms. The van der Waals surface area contributed by atoms with Gasteiger partial charge in [-0.25, -0.2) is 13.2 Å². The van der Waals surface area contributed by atoms with Crippen molar-refractivity contribution in [2.45, 2.75) is 58.2 Å². The molecule has 4 rings (SSSR count). The molecule has 2 aliphatic heterocycles. The van der Waals surface area contributed by atoms with Crippen LogP contribution in [0.4, 0.5) is 18.9 Å². The Balaban J connectivity index is 1.58. The first kappa shape index (κ1) is 24.6. The number of hydrogen-bond acceptors (Lipinski definition) is 3. The summed E-state index contributed by atoms with van der Waals surface area (Å²) in [6.07, 6.45) is 0. The molecule has 2 aliphatic rings. The van der Waals surface area contributed by atoms with Crippen molar-refractivity contribution < 1.29 is 18.0 Å². The van der Waals surface area contributed by atoms with Crippen LogP contribution in [0, 0.1) is 23.4 Å². The van der Waals surface area contributed by atoms with E-state index in [-0.39, 0.29) is 35.3 Å². The fourth-order valence-electron chi connectivity index (χ4n) is 5.60. The number of piperazine rings is 1. The van der Waals surface area contributed by atoms with E-state index in [1.165, 1.54) is 24.3 Å². The van der Waals surface area contributed by atoms with Crippen LogP contribution in [-0.2, 0) is 4.79 Å². The molecule has 2 heterocycles. The van der Waals surface area contributed by atoms with E-state index in [0.717, 1.165) is 11.8 Å². The zero-order valence-corrected chi connectivity index (χ0v) is 20.6. The number of benzene rings is 2. The van der Waals surface area contributed by atoms with E-state index >= 15 is 0 Å². The molecule has 0 saturated carbocycles. The van der Waals surface area contributed by atoms with Crippen molar-refractivity contribution in [1.82, 2.24) is 9.80 Å². The molecule has 0 bridgehead atoms. The largest absolute Gasteiger partial charge is 0.362 e. The highest BCUT2D eigenvalue weighted by molar-refractivity contribution is 5.81. The van der Waals surface area contributed by atoms with Crippen LogP contribution in [0.1, 0.15) is 46.1 Å². The van der Waals surface area contributed by atoms with Gasteiger partial charge in [-0.2, -0.15) is 0 Å². The molecule has 184 valence electrons. The number of carbonyl (C=O) groups is 1. The quantitative estimate of drug-likeness (QED) is 0.625. The number of halogens is 3. The summed E-state index contributed by atoms with van der Waals surface area (Å²) in [4.78, 5) is 20.1. The van der Waals surface area contributed by atoms with Crippen molar-refractivity contribution in [2.75, 3.05) is 31.1 Å². The number of likely N-dealkylation sites (tertiary alicyclic amines) is 1. The summed E-state index contributed by atoms with van der Waals surface area (Å²) >= 11 is 0.